The highest BCUT2D eigenvalue weighted by molar-refractivity contribution is 5.13. The van der Waals surface area contributed by atoms with Crippen molar-refractivity contribution in [2.75, 3.05) is 6.61 Å². The molecule has 1 saturated heterocycles. The maximum Gasteiger partial charge on any atom is 0.140 e. The van der Waals surface area contributed by atoms with Gasteiger partial charge in [0, 0.05) is 6.61 Å². The lowest BCUT2D eigenvalue weighted by molar-refractivity contribution is -0.0490. The quantitative estimate of drug-likeness (QED) is 0.597. The van der Waals surface area contributed by atoms with Crippen LogP contribution in [0.3, 0.4) is 0 Å². The Morgan fingerprint density at radius 3 is 2.87 bits per heavy atom. The minimum absolute atomic E-state index is 0.290. The average molecular weight is 316 g/mol. The molecular formula is C19H24O4. The van der Waals surface area contributed by atoms with Gasteiger partial charge in [-0.2, -0.15) is 0 Å². The zero-order chi connectivity index (χ0) is 16.5. The summed E-state index contributed by atoms with van der Waals surface area (Å²) in [5, 5.41) is 19.8. The SMILES string of the molecule is C#CC(O)C(C/C=C\[C@H]1OCCC[C@@H]1O)OCc1ccccc1. The number of aliphatic hydroxyl groups excluding tert-OH is 2. The predicted octanol–water partition coefficient (Wildman–Crippen LogP) is 2.05. The average Bonchev–Trinajstić information content (AvgIpc) is 2.59. The van der Waals surface area contributed by atoms with Gasteiger partial charge in [0.1, 0.15) is 12.2 Å². The van der Waals surface area contributed by atoms with E-state index in [4.69, 9.17) is 15.9 Å². The van der Waals surface area contributed by atoms with Gasteiger partial charge in [0.15, 0.2) is 0 Å². The molecule has 1 heterocycles. The highest BCUT2D eigenvalue weighted by Gasteiger charge is 2.22. The molecule has 0 aromatic heterocycles. The molecule has 4 nitrogen and oxygen atoms in total. The summed E-state index contributed by atoms with van der Waals surface area (Å²) < 4.78 is 11.3. The van der Waals surface area contributed by atoms with E-state index in [0.29, 0.717) is 19.6 Å². The number of terminal acetylenes is 1. The van der Waals surface area contributed by atoms with Gasteiger partial charge in [-0.25, -0.2) is 0 Å². The standard InChI is InChI=1S/C19H24O4/c1-2-16(20)18(23-14-15-8-4-3-5-9-15)11-6-12-19-17(21)10-7-13-22-19/h1,3-6,8-9,12,16-21H,7,10-11,13-14H2/b12-6-/t16?,17-,18?,19+/m0/s1. The molecule has 4 heteroatoms. The molecule has 1 aliphatic heterocycles. The normalized spacial score (nSPS) is 24.2. The summed E-state index contributed by atoms with van der Waals surface area (Å²) in [7, 11) is 0. The van der Waals surface area contributed by atoms with Crippen molar-refractivity contribution in [3.63, 3.8) is 0 Å². The topological polar surface area (TPSA) is 58.9 Å². The fraction of sp³-hybridized carbons (Fsp3) is 0.474. The van der Waals surface area contributed by atoms with Gasteiger partial charge < -0.3 is 19.7 Å². The van der Waals surface area contributed by atoms with Crippen LogP contribution in [-0.2, 0) is 16.1 Å². The second kappa shape index (κ2) is 9.49. The molecule has 2 unspecified atom stereocenters. The first kappa shape index (κ1) is 17.7. The van der Waals surface area contributed by atoms with Gasteiger partial charge in [0.25, 0.3) is 0 Å². The zero-order valence-electron chi connectivity index (χ0n) is 13.2. The summed E-state index contributed by atoms with van der Waals surface area (Å²) >= 11 is 0. The number of ether oxygens (including phenoxy) is 2. The Morgan fingerprint density at radius 1 is 1.39 bits per heavy atom. The van der Waals surface area contributed by atoms with Gasteiger partial charge in [0.05, 0.1) is 18.8 Å². The number of hydrogen-bond acceptors (Lipinski definition) is 4. The van der Waals surface area contributed by atoms with E-state index < -0.39 is 18.3 Å². The van der Waals surface area contributed by atoms with Gasteiger partial charge in [-0.05, 0) is 24.8 Å². The Labute approximate surface area is 137 Å². The molecular weight excluding hydrogens is 292 g/mol. The lowest BCUT2D eigenvalue weighted by Crippen LogP contribution is -2.32. The third-order valence-corrected chi connectivity index (χ3v) is 3.86. The van der Waals surface area contributed by atoms with Gasteiger partial charge >= 0.3 is 0 Å². The summed E-state index contributed by atoms with van der Waals surface area (Å²) in [5.41, 5.74) is 1.02. The molecule has 2 N–H and O–H groups in total. The molecule has 0 saturated carbocycles. The van der Waals surface area contributed by atoms with Crippen LogP contribution in [0.15, 0.2) is 42.5 Å². The first-order valence-corrected chi connectivity index (χ1v) is 7.96. The number of benzene rings is 1. The number of aliphatic hydroxyl groups is 2. The Balaban J connectivity index is 1.87. The van der Waals surface area contributed by atoms with E-state index in [0.717, 1.165) is 18.4 Å². The highest BCUT2D eigenvalue weighted by atomic mass is 16.5. The van der Waals surface area contributed by atoms with E-state index >= 15 is 0 Å². The minimum Gasteiger partial charge on any atom is -0.390 e. The Kier molecular flexibility index (Phi) is 7.31. The molecule has 1 fully saturated rings. The van der Waals surface area contributed by atoms with Crippen molar-refractivity contribution in [3.8, 4) is 12.3 Å². The van der Waals surface area contributed by atoms with E-state index in [1.807, 2.05) is 42.5 Å². The third kappa shape index (κ3) is 5.81. The van der Waals surface area contributed by atoms with Crippen LogP contribution >= 0.6 is 0 Å². The van der Waals surface area contributed by atoms with Crippen molar-refractivity contribution in [1.82, 2.24) is 0 Å². The van der Waals surface area contributed by atoms with Crippen LogP contribution in [-0.4, -0.2) is 41.2 Å². The predicted molar refractivity (Wildman–Crippen MR) is 88.6 cm³/mol. The summed E-state index contributed by atoms with van der Waals surface area (Å²) in [5.74, 6) is 2.31. The highest BCUT2D eigenvalue weighted by Crippen LogP contribution is 2.16. The van der Waals surface area contributed by atoms with Crippen molar-refractivity contribution in [1.29, 1.82) is 0 Å². The molecule has 4 atom stereocenters. The third-order valence-electron chi connectivity index (χ3n) is 3.86. The van der Waals surface area contributed by atoms with Crippen LogP contribution in [0.5, 0.6) is 0 Å². The van der Waals surface area contributed by atoms with Crippen LogP contribution in [0, 0.1) is 12.3 Å². The van der Waals surface area contributed by atoms with Crippen molar-refractivity contribution >= 4 is 0 Å². The monoisotopic (exact) mass is 316 g/mol. The van der Waals surface area contributed by atoms with Gasteiger partial charge in [0.2, 0.25) is 0 Å². The maximum absolute atomic E-state index is 9.91. The van der Waals surface area contributed by atoms with E-state index in [9.17, 15) is 10.2 Å². The molecule has 1 aromatic rings. The van der Waals surface area contributed by atoms with Crippen LogP contribution in [0.25, 0.3) is 0 Å². The smallest absolute Gasteiger partial charge is 0.140 e. The summed E-state index contributed by atoms with van der Waals surface area (Å²) in [6.07, 6.45) is 8.86. The first-order valence-electron chi connectivity index (χ1n) is 7.96. The number of hydrogen-bond donors (Lipinski definition) is 2. The summed E-state index contributed by atoms with van der Waals surface area (Å²) in [6.45, 7) is 1.05. The Hall–Kier alpha value is -1.64. The van der Waals surface area contributed by atoms with Crippen molar-refractivity contribution in [2.45, 2.75) is 50.3 Å². The van der Waals surface area contributed by atoms with E-state index in [2.05, 4.69) is 5.92 Å². The second-order valence-corrected chi connectivity index (χ2v) is 5.66. The largest absolute Gasteiger partial charge is 0.390 e. The fourth-order valence-electron chi connectivity index (χ4n) is 2.49. The van der Waals surface area contributed by atoms with Crippen molar-refractivity contribution < 1.29 is 19.7 Å². The van der Waals surface area contributed by atoms with Crippen LogP contribution < -0.4 is 0 Å². The first-order chi connectivity index (χ1) is 11.2. The molecule has 0 amide bonds. The molecule has 124 valence electrons. The second-order valence-electron chi connectivity index (χ2n) is 5.66. The molecule has 1 aliphatic rings. The number of rotatable bonds is 7. The Bertz CT molecular complexity index is 520. The lowest BCUT2D eigenvalue weighted by Gasteiger charge is -2.25. The van der Waals surface area contributed by atoms with Gasteiger partial charge in [-0.3, -0.25) is 0 Å². The maximum atomic E-state index is 9.91. The molecule has 2 rings (SSSR count). The molecule has 0 aliphatic carbocycles. The van der Waals surface area contributed by atoms with Gasteiger partial charge in [-0.1, -0.05) is 48.4 Å². The van der Waals surface area contributed by atoms with Crippen LogP contribution in [0.4, 0.5) is 0 Å². The van der Waals surface area contributed by atoms with E-state index in [-0.39, 0.29) is 6.10 Å². The fourth-order valence-corrected chi connectivity index (χ4v) is 2.49. The Morgan fingerprint density at radius 2 is 2.17 bits per heavy atom. The van der Waals surface area contributed by atoms with E-state index in [1.165, 1.54) is 0 Å². The van der Waals surface area contributed by atoms with Crippen molar-refractivity contribution in [3.05, 3.63) is 48.0 Å². The van der Waals surface area contributed by atoms with Crippen LogP contribution in [0.2, 0.25) is 0 Å². The molecule has 23 heavy (non-hydrogen) atoms. The molecule has 0 bridgehead atoms. The van der Waals surface area contributed by atoms with Gasteiger partial charge in [-0.15, -0.1) is 6.42 Å². The van der Waals surface area contributed by atoms with E-state index in [1.54, 1.807) is 0 Å². The van der Waals surface area contributed by atoms with Crippen molar-refractivity contribution in [2.24, 2.45) is 0 Å². The zero-order valence-corrected chi connectivity index (χ0v) is 13.2. The molecule has 1 aromatic carbocycles. The summed E-state index contributed by atoms with van der Waals surface area (Å²) in [6, 6.07) is 9.73. The van der Waals surface area contributed by atoms with Crippen LogP contribution in [0.1, 0.15) is 24.8 Å². The molecule has 0 radical (unpaired) electrons. The molecule has 0 spiro atoms. The minimum atomic E-state index is -0.972. The summed E-state index contributed by atoms with van der Waals surface area (Å²) in [4.78, 5) is 0. The lowest BCUT2D eigenvalue weighted by atomic mass is 10.0.